The molecule has 1 aromatic heterocycles. The fraction of sp³-hybridized carbons (Fsp3) is 0.438. The van der Waals surface area contributed by atoms with Gasteiger partial charge in [-0.15, -0.1) is 0 Å². The summed E-state index contributed by atoms with van der Waals surface area (Å²) in [6.45, 7) is 1.03. The van der Waals surface area contributed by atoms with Crippen LogP contribution in [0.3, 0.4) is 0 Å². The Hall–Kier alpha value is -1.77. The van der Waals surface area contributed by atoms with E-state index in [0.29, 0.717) is 0 Å². The van der Waals surface area contributed by atoms with Crippen LogP contribution in [0.1, 0.15) is 32.1 Å². The minimum absolute atomic E-state index is 0.259. The number of fused-ring (bicyclic) bond motifs is 3. The molecule has 2 N–H and O–H groups in total. The molecule has 1 saturated carbocycles. The molecule has 0 unspecified atom stereocenters. The molecule has 1 fully saturated rings. The summed E-state index contributed by atoms with van der Waals surface area (Å²) in [5.74, 6) is 0. The summed E-state index contributed by atoms with van der Waals surface area (Å²) >= 11 is 0. The average molecular weight is 253 g/mol. The molecule has 3 nitrogen and oxygen atoms in total. The molecule has 98 valence electrons. The third kappa shape index (κ3) is 1.76. The summed E-state index contributed by atoms with van der Waals surface area (Å²) in [5.41, 5.74) is 3.73. The highest BCUT2D eigenvalue weighted by molar-refractivity contribution is 5.98. The van der Waals surface area contributed by atoms with E-state index in [2.05, 4.69) is 33.8 Å². The summed E-state index contributed by atoms with van der Waals surface area (Å²) in [5, 5.41) is 8.68. The molecule has 2 heterocycles. The molecule has 0 radical (unpaired) electrons. The summed E-state index contributed by atoms with van der Waals surface area (Å²) in [7, 11) is 0. The minimum Gasteiger partial charge on any atom is -0.380 e. The molecule has 1 spiro atoms. The zero-order valence-corrected chi connectivity index (χ0v) is 11.1. The summed E-state index contributed by atoms with van der Waals surface area (Å²) < 4.78 is 0. The van der Waals surface area contributed by atoms with E-state index < -0.39 is 0 Å². The van der Waals surface area contributed by atoms with Crippen molar-refractivity contribution in [3.63, 3.8) is 0 Å². The normalized spacial score (nSPS) is 20.6. The van der Waals surface area contributed by atoms with Gasteiger partial charge in [0, 0.05) is 11.9 Å². The van der Waals surface area contributed by atoms with E-state index >= 15 is 0 Å². The predicted octanol–water partition coefficient (Wildman–Crippen LogP) is 3.78. The molecule has 3 heteroatoms. The number of nitrogens with zero attached hydrogens (tertiary/aromatic N) is 1. The Kier molecular flexibility index (Phi) is 2.40. The Morgan fingerprint density at radius 1 is 1.05 bits per heavy atom. The maximum Gasteiger partial charge on any atom is 0.0770 e. The van der Waals surface area contributed by atoms with Crippen molar-refractivity contribution in [1.82, 2.24) is 4.98 Å². The Morgan fingerprint density at radius 3 is 2.79 bits per heavy atom. The molecule has 2 aliphatic rings. The number of rotatable bonds is 0. The van der Waals surface area contributed by atoms with Crippen LogP contribution in [0.25, 0.3) is 10.9 Å². The smallest absolute Gasteiger partial charge is 0.0770 e. The predicted molar refractivity (Wildman–Crippen MR) is 79.7 cm³/mol. The lowest BCUT2D eigenvalue weighted by molar-refractivity contribution is 0.335. The van der Waals surface area contributed by atoms with Crippen LogP contribution in [0.5, 0.6) is 0 Å². The van der Waals surface area contributed by atoms with Gasteiger partial charge in [0.25, 0.3) is 0 Å². The van der Waals surface area contributed by atoms with Gasteiger partial charge in [0.05, 0.1) is 28.6 Å². The van der Waals surface area contributed by atoms with Gasteiger partial charge in [-0.05, 0) is 18.9 Å². The topological polar surface area (TPSA) is 37.0 Å². The molecule has 1 aliphatic heterocycles. The summed E-state index contributed by atoms with van der Waals surface area (Å²) in [4.78, 5) is 4.53. The molecule has 0 bridgehead atoms. The van der Waals surface area contributed by atoms with Gasteiger partial charge >= 0.3 is 0 Å². The van der Waals surface area contributed by atoms with Gasteiger partial charge in [-0.1, -0.05) is 37.5 Å². The Morgan fingerprint density at radius 2 is 1.89 bits per heavy atom. The number of hydrogen-bond acceptors (Lipinski definition) is 3. The van der Waals surface area contributed by atoms with Gasteiger partial charge in [0.15, 0.2) is 0 Å². The van der Waals surface area contributed by atoms with Crippen molar-refractivity contribution in [2.45, 2.75) is 37.6 Å². The van der Waals surface area contributed by atoms with Crippen LogP contribution >= 0.6 is 0 Å². The van der Waals surface area contributed by atoms with Crippen LogP contribution in [0.2, 0.25) is 0 Å². The quantitative estimate of drug-likeness (QED) is 0.750. The number of aromatic nitrogens is 1. The van der Waals surface area contributed by atoms with E-state index in [0.717, 1.165) is 17.7 Å². The Balaban J connectivity index is 1.82. The van der Waals surface area contributed by atoms with Gasteiger partial charge in [-0.3, -0.25) is 4.98 Å². The summed E-state index contributed by atoms with van der Waals surface area (Å²) in [6, 6.07) is 8.39. The van der Waals surface area contributed by atoms with Crippen LogP contribution in [0, 0.1) is 0 Å². The van der Waals surface area contributed by atoms with Crippen molar-refractivity contribution in [2.24, 2.45) is 0 Å². The highest BCUT2D eigenvalue weighted by Gasteiger charge is 2.35. The molecule has 1 aliphatic carbocycles. The van der Waals surface area contributed by atoms with E-state index in [1.165, 1.54) is 43.2 Å². The molecule has 19 heavy (non-hydrogen) atoms. The highest BCUT2D eigenvalue weighted by atomic mass is 15.1. The molecule has 0 saturated heterocycles. The van der Waals surface area contributed by atoms with Crippen LogP contribution in [-0.4, -0.2) is 17.1 Å². The van der Waals surface area contributed by atoms with Gasteiger partial charge in [-0.2, -0.15) is 0 Å². The monoisotopic (exact) mass is 253 g/mol. The second kappa shape index (κ2) is 4.12. The number of nitrogens with one attached hydrogen (secondary N) is 2. The highest BCUT2D eigenvalue weighted by Crippen LogP contribution is 2.40. The van der Waals surface area contributed by atoms with Crippen molar-refractivity contribution in [2.75, 3.05) is 17.2 Å². The second-order valence-electron chi connectivity index (χ2n) is 5.88. The van der Waals surface area contributed by atoms with Gasteiger partial charge < -0.3 is 10.6 Å². The van der Waals surface area contributed by atoms with Crippen molar-refractivity contribution in [3.05, 3.63) is 30.5 Å². The maximum absolute atomic E-state index is 4.53. The van der Waals surface area contributed by atoms with Crippen molar-refractivity contribution in [3.8, 4) is 0 Å². The largest absolute Gasteiger partial charge is 0.380 e. The number of pyridine rings is 1. The van der Waals surface area contributed by atoms with E-state index in [9.17, 15) is 0 Å². The minimum atomic E-state index is 0.259. The van der Waals surface area contributed by atoms with Crippen LogP contribution in [-0.2, 0) is 0 Å². The fourth-order valence-corrected chi connectivity index (χ4v) is 3.51. The number of hydrogen-bond donors (Lipinski definition) is 2. The number of anilines is 2. The van der Waals surface area contributed by atoms with Gasteiger partial charge in [-0.25, -0.2) is 0 Å². The van der Waals surface area contributed by atoms with E-state index in [1.54, 1.807) is 0 Å². The van der Waals surface area contributed by atoms with Gasteiger partial charge in [0.1, 0.15) is 0 Å². The Labute approximate surface area is 113 Å². The molecule has 0 amide bonds. The van der Waals surface area contributed by atoms with E-state index in [4.69, 9.17) is 0 Å². The lowest BCUT2D eigenvalue weighted by atomic mass is 9.80. The first kappa shape index (κ1) is 11.1. The van der Waals surface area contributed by atoms with Gasteiger partial charge in [0.2, 0.25) is 0 Å². The first-order valence-corrected chi connectivity index (χ1v) is 7.26. The molecular formula is C16H19N3. The average Bonchev–Trinajstić information content (AvgIpc) is 2.48. The van der Waals surface area contributed by atoms with Crippen LogP contribution < -0.4 is 10.6 Å². The zero-order valence-electron chi connectivity index (χ0n) is 11.1. The third-order valence-electron chi connectivity index (χ3n) is 4.59. The maximum atomic E-state index is 4.53. The van der Waals surface area contributed by atoms with Crippen LogP contribution in [0.4, 0.5) is 11.4 Å². The lowest BCUT2D eigenvalue weighted by Gasteiger charge is -2.43. The first-order chi connectivity index (χ1) is 9.36. The Bertz CT molecular complexity index is 614. The number of benzene rings is 1. The molecular weight excluding hydrogens is 234 g/mol. The molecule has 0 atom stereocenters. The second-order valence-corrected chi connectivity index (χ2v) is 5.88. The molecule has 2 aromatic rings. The van der Waals surface area contributed by atoms with Crippen LogP contribution in [0.15, 0.2) is 30.5 Å². The fourth-order valence-electron chi connectivity index (χ4n) is 3.51. The third-order valence-corrected chi connectivity index (χ3v) is 4.59. The van der Waals surface area contributed by atoms with Crippen molar-refractivity contribution in [1.29, 1.82) is 0 Å². The first-order valence-electron chi connectivity index (χ1n) is 7.26. The van der Waals surface area contributed by atoms with Crippen molar-refractivity contribution < 1.29 is 0 Å². The molecule has 4 rings (SSSR count). The zero-order chi connectivity index (χ0) is 12.7. The van der Waals surface area contributed by atoms with E-state index in [1.807, 2.05) is 12.3 Å². The SMILES string of the molecule is c1ccc2c3c(cnc2c1)NCC1(CCCCC1)N3. The summed E-state index contributed by atoms with van der Waals surface area (Å²) in [6.07, 6.45) is 8.57. The standard InChI is InChI=1S/C16H19N3/c1-4-8-16(9-5-1)11-18-14-10-17-13-7-3-2-6-12(13)15(14)19-16/h2-3,6-7,10,18-19H,1,4-5,8-9,11H2. The number of para-hydroxylation sites is 1. The lowest BCUT2D eigenvalue weighted by Crippen LogP contribution is -2.49. The molecule has 1 aromatic carbocycles. The van der Waals surface area contributed by atoms with Crippen molar-refractivity contribution >= 4 is 22.3 Å². The van der Waals surface area contributed by atoms with E-state index in [-0.39, 0.29) is 5.54 Å².